The van der Waals surface area contributed by atoms with Crippen LogP contribution in [0.3, 0.4) is 0 Å². The fraction of sp³-hybridized carbons (Fsp3) is 0.923. The van der Waals surface area contributed by atoms with E-state index in [1.54, 1.807) is 0 Å². The first-order chi connectivity index (χ1) is 14.8. The van der Waals surface area contributed by atoms with Crippen LogP contribution in [0.4, 0.5) is 0 Å². The molecule has 0 saturated carbocycles. The van der Waals surface area contributed by atoms with Crippen molar-refractivity contribution in [1.82, 2.24) is 0 Å². The van der Waals surface area contributed by atoms with Crippen molar-refractivity contribution in [1.29, 1.82) is 0 Å². The van der Waals surface area contributed by atoms with E-state index in [9.17, 15) is 9.59 Å². The Morgan fingerprint density at radius 1 is 0.533 bits per heavy atom. The lowest BCUT2D eigenvalue weighted by Crippen LogP contribution is -2.03. The molecule has 0 N–H and O–H groups in total. The third-order valence-electron chi connectivity index (χ3n) is 5.91. The number of rotatable bonds is 25. The Labute approximate surface area is 186 Å². The van der Waals surface area contributed by atoms with Crippen LogP contribution in [0.5, 0.6) is 0 Å². The van der Waals surface area contributed by atoms with Gasteiger partial charge in [0.1, 0.15) is 0 Å². The maximum Gasteiger partial charge on any atom is 0.355 e. The van der Waals surface area contributed by atoms with Crippen molar-refractivity contribution in [2.24, 2.45) is 0 Å². The Morgan fingerprint density at radius 2 is 0.833 bits per heavy atom. The maximum atomic E-state index is 11.1. The molecule has 0 unspecified atom stereocenters. The fourth-order valence-corrected chi connectivity index (χ4v) is 3.99. The number of unbranched alkanes of at least 4 members (excludes halogenated alkanes) is 21. The van der Waals surface area contributed by atoms with Crippen molar-refractivity contribution >= 4 is 12.4 Å². The van der Waals surface area contributed by atoms with Crippen LogP contribution in [0.1, 0.15) is 155 Å². The Bertz CT molecular complexity index is 357. The smallest absolute Gasteiger partial charge is 0.251 e. The molecule has 0 fully saturated rings. The second-order valence-corrected chi connectivity index (χ2v) is 8.82. The van der Waals surface area contributed by atoms with Gasteiger partial charge in [-0.05, 0) is 6.42 Å². The van der Waals surface area contributed by atoms with Crippen LogP contribution in [-0.2, 0) is 19.4 Å². The van der Waals surface area contributed by atoms with Crippen molar-refractivity contribution in [2.45, 2.75) is 155 Å². The SMILES string of the molecule is CCCCCCCCCCCCCCCCCCCCCCCCC(=O)OOC=O. The van der Waals surface area contributed by atoms with E-state index >= 15 is 0 Å². The van der Waals surface area contributed by atoms with E-state index in [2.05, 4.69) is 16.7 Å². The Kier molecular flexibility index (Phi) is 25.1. The summed E-state index contributed by atoms with van der Waals surface area (Å²) in [7, 11) is 0. The normalized spacial score (nSPS) is 10.8. The number of hydrogen-bond donors (Lipinski definition) is 0. The summed E-state index contributed by atoms with van der Waals surface area (Å²) in [5.74, 6) is -0.463. The van der Waals surface area contributed by atoms with Gasteiger partial charge in [-0.1, -0.05) is 142 Å². The van der Waals surface area contributed by atoms with Crippen molar-refractivity contribution < 1.29 is 19.4 Å². The van der Waals surface area contributed by atoms with Crippen LogP contribution < -0.4 is 0 Å². The van der Waals surface area contributed by atoms with Gasteiger partial charge in [0, 0.05) is 0 Å². The first-order valence-electron chi connectivity index (χ1n) is 13.1. The quantitative estimate of drug-likeness (QED) is 0.0634. The third kappa shape index (κ3) is 25.0. The van der Waals surface area contributed by atoms with E-state index in [1.165, 1.54) is 128 Å². The number of carbonyl (C=O) groups is 2. The standard InChI is InChI=1S/C26H50O4/c1-2-3-4-5-6-7-8-9-10-11-12-13-14-15-16-17-18-19-20-21-22-23-24-26(28)30-29-25-27/h25H,2-24H2,1H3. The monoisotopic (exact) mass is 426 g/mol. The average Bonchev–Trinajstić information content (AvgIpc) is 2.75. The minimum atomic E-state index is -0.463. The Morgan fingerprint density at radius 3 is 1.13 bits per heavy atom. The summed E-state index contributed by atoms with van der Waals surface area (Å²) in [6, 6.07) is 0. The number of hydrogen-bond acceptors (Lipinski definition) is 4. The van der Waals surface area contributed by atoms with Gasteiger partial charge in [-0.15, -0.1) is 0 Å². The number of carbonyl (C=O) groups excluding carboxylic acids is 2. The molecule has 0 aromatic carbocycles. The molecule has 0 spiro atoms. The summed E-state index contributed by atoms with van der Waals surface area (Å²) in [4.78, 5) is 29.2. The Hall–Kier alpha value is -1.06. The van der Waals surface area contributed by atoms with E-state index in [-0.39, 0.29) is 6.47 Å². The lowest BCUT2D eigenvalue weighted by atomic mass is 10.0. The largest absolute Gasteiger partial charge is 0.355 e. The third-order valence-corrected chi connectivity index (χ3v) is 5.91. The molecule has 0 aliphatic rings. The van der Waals surface area contributed by atoms with Crippen LogP contribution in [0, 0.1) is 0 Å². The second-order valence-electron chi connectivity index (χ2n) is 8.82. The second kappa shape index (κ2) is 26.0. The molecule has 0 rings (SSSR count). The van der Waals surface area contributed by atoms with Gasteiger partial charge in [-0.25, -0.2) is 9.68 Å². The molecule has 4 nitrogen and oxygen atoms in total. The van der Waals surface area contributed by atoms with E-state index in [1.807, 2.05) is 0 Å². The zero-order valence-electron chi connectivity index (χ0n) is 20.0. The molecule has 178 valence electrons. The van der Waals surface area contributed by atoms with Gasteiger partial charge in [0.25, 0.3) is 0 Å². The van der Waals surface area contributed by atoms with Crippen molar-refractivity contribution in [3.8, 4) is 0 Å². The molecule has 0 atom stereocenters. The van der Waals surface area contributed by atoms with Gasteiger partial charge in [0.2, 0.25) is 0 Å². The molecule has 0 amide bonds. The Balaban J connectivity index is 3.05. The highest BCUT2D eigenvalue weighted by Gasteiger charge is 2.03. The van der Waals surface area contributed by atoms with Gasteiger partial charge >= 0.3 is 12.4 Å². The van der Waals surface area contributed by atoms with Gasteiger partial charge in [-0.3, -0.25) is 9.68 Å². The van der Waals surface area contributed by atoms with Crippen LogP contribution in [0.25, 0.3) is 0 Å². The lowest BCUT2D eigenvalue weighted by Gasteiger charge is -2.04. The minimum Gasteiger partial charge on any atom is -0.251 e. The van der Waals surface area contributed by atoms with Gasteiger partial charge < -0.3 is 0 Å². The zero-order chi connectivity index (χ0) is 22.0. The maximum absolute atomic E-state index is 11.1. The van der Waals surface area contributed by atoms with Crippen LogP contribution in [0.2, 0.25) is 0 Å². The summed E-state index contributed by atoms with van der Waals surface area (Å²) < 4.78 is 0. The predicted molar refractivity (Wildman–Crippen MR) is 125 cm³/mol. The molecule has 0 heterocycles. The summed E-state index contributed by atoms with van der Waals surface area (Å²) in [5.41, 5.74) is 0. The molecular weight excluding hydrogens is 376 g/mol. The van der Waals surface area contributed by atoms with Crippen LogP contribution in [0.15, 0.2) is 0 Å². The summed E-state index contributed by atoms with van der Waals surface area (Å²) in [6.45, 7) is 2.41. The van der Waals surface area contributed by atoms with E-state index in [4.69, 9.17) is 0 Å². The minimum absolute atomic E-state index is 0.122. The van der Waals surface area contributed by atoms with Crippen molar-refractivity contribution in [3.63, 3.8) is 0 Å². The van der Waals surface area contributed by atoms with E-state index < -0.39 is 5.97 Å². The molecule has 0 aromatic rings. The van der Waals surface area contributed by atoms with E-state index in [0.717, 1.165) is 12.8 Å². The highest BCUT2D eigenvalue weighted by atomic mass is 17.2. The summed E-state index contributed by atoms with van der Waals surface area (Å²) in [6.07, 6.45) is 30.0. The summed E-state index contributed by atoms with van der Waals surface area (Å²) >= 11 is 0. The van der Waals surface area contributed by atoms with Crippen LogP contribution in [-0.4, -0.2) is 12.4 Å². The molecular formula is C26H50O4. The highest BCUT2D eigenvalue weighted by molar-refractivity contribution is 5.69. The van der Waals surface area contributed by atoms with Gasteiger partial charge in [0.15, 0.2) is 0 Å². The van der Waals surface area contributed by atoms with Crippen molar-refractivity contribution in [3.05, 3.63) is 0 Å². The zero-order valence-corrected chi connectivity index (χ0v) is 20.0. The summed E-state index contributed by atoms with van der Waals surface area (Å²) in [5, 5.41) is 0. The molecule has 0 aromatic heterocycles. The first-order valence-corrected chi connectivity index (χ1v) is 13.1. The molecule has 0 aliphatic carbocycles. The van der Waals surface area contributed by atoms with E-state index in [0.29, 0.717) is 6.42 Å². The first kappa shape index (κ1) is 28.9. The predicted octanol–water partition coefficient (Wildman–Crippen LogP) is 8.61. The average molecular weight is 427 g/mol. The molecule has 0 aliphatic heterocycles. The lowest BCUT2D eigenvalue weighted by molar-refractivity contribution is -0.248. The molecule has 0 saturated heterocycles. The van der Waals surface area contributed by atoms with Crippen LogP contribution >= 0.6 is 0 Å². The fourth-order valence-electron chi connectivity index (χ4n) is 3.99. The molecule has 30 heavy (non-hydrogen) atoms. The van der Waals surface area contributed by atoms with Crippen molar-refractivity contribution in [2.75, 3.05) is 0 Å². The van der Waals surface area contributed by atoms with Gasteiger partial charge in [-0.2, -0.15) is 0 Å². The molecule has 4 heteroatoms. The molecule has 0 radical (unpaired) electrons. The van der Waals surface area contributed by atoms with Gasteiger partial charge in [0.05, 0.1) is 6.42 Å². The topological polar surface area (TPSA) is 52.6 Å². The molecule has 0 bridgehead atoms. The highest BCUT2D eigenvalue weighted by Crippen LogP contribution is 2.15.